The summed E-state index contributed by atoms with van der Waals surface area (Å²) >= 11 is 0. The number of hydrogen-bond donors (Lipinski definition) is 2. The highest BCUT2D eigenvalue weighted by Gasteiger charge is 2.17. The van der Waals surface area contributed by atoms with Gasteiger partial charge in [-0.15, -0.1) is 0 Å². The minimum atomic E-state index is 0.319. The van der Waals surface area contributed by atoms with E-state index in [0.29, 0.717) is 58.8 Å². The van der Waals surface area contributed by atoms with Gasteiger partial charge in [0.05, 0.1) is 46.6 Å². The quantitative estimate of drug-likeness (QED) is 0.242. The molecule has 12 heteroatoms. The van der Waals surface area contributed by atoms with Gasteiger partial charge in [-0.2, -0.15) is 4.98 Å². The van der Waals surface area contributed by atoms with Gasteiger partial charge in [-0.25, -0.2) is 19.5 Å². The van der Waals surface area contributed by atoms with Crippen LogP contribution in [0.15, 0.2) is 60.9 Å². The van der Waals surface area contributed by atoms with Crippen molar-refractivity contribution < 1.29 is 23.7 Å². The molecule has 3 aromatic carbocycles. The van der Waals surface area contributed by atoms with Gasteiger partial charge in [0.1, 0.15) is 17.8 Å². The first kappa shape index (κ1) is 26.4. The minimum Gasteiger partial charge on any atom is -0.497 e. The number of para-hydroxylation sites is 2. The van der Waals surface area contributed by atoms with Gasteiger partial charge in [-0.1, -0.05) is 12.1 Å². The standard InChI is InChI=1S/C28H29N7O5/c1-36-19-11-10-17(22(14-19)37-2)15-29-27-33-20-8-6-7-9-21(20)35(27)28-31-16-30-26(34-28)32-18-12-23(38-3)25(40-5)24(13-18)39-4/h6-14,16H,15H2,1-5H3,(H,29,33)(H,30,31,32,34). The van der Waals surface area contributed by atoms with Crippen molar-refractivity contribution >= 4 is 28.6 Å². The van der Waals surface area contributed by atoms with Crippen LogP contribution in [0.3, 0.4) is 0 Å². The molecule has 0 bridgehead atoms. The van der Waals surface area contributed by atoms with E-state index in [-0.39, 0.29) is 0 Å². The molecule has 12 nitrogen and oxygen atoms in total. The molecule has 206 valence electrons. The SMILES string of the molecule is COc1ccc(CNc2nc3ccccc3n2-c2ncnc(Nc3cc(OC)c(OC)c(OC)c3)n2)c(OC)c1. The topological polar surface area (TPSA) is 127 Å². The third-order valence-corrected chi connectivity index (χ3v) is 6.17. The van der Waals surface area contributed by atoms with E-state index in [9.17, 15) is 0 Å². The van der Waals surface area contributed by atoms with Crippen LogP contribution >= 0.6 is 0 Å². The number of anilines is 3. The number of benzene rings is 3. The molecule has 0 atom stereocenters. The third-order valence-electron chi connectivity index (χ3n) is 6.17. The number of nitrogens with zero attached hydrogens (tertiary/aromatic N) is 5. The van der Waals surface area contributed by atoms with Crippen molar-refractivity contribution in [3.63, 3.8) is 0 Å². The van der Waals surface area contributed by atoms with Gasteiger partial charge in [0.15, 0.2) is 11.5 Å². The molecule has 2 N–H and O–H groups in total. The molecule has 0 aliphatic heterocycles. The smallest absolute Gasteiger partial charge is 0.241 e. The lowest BCUT2D eigenvalue weighted by atomic mass is 10.2. The van der Waals surface area contributed by atoms with E-state index >= 15 is 0 Å². The summed E-state index contributed by atoms with van der Waals surface area (Å²) in [5.41, 5.74) is 3.19. The summed E-state index contributed by atoms with van der Waals surface area (Å²) < 4.78 is 29.1. The number of ether oxygens (including phenoxy) is 5. The normalized spacial score (nSPS) is 10.7. The van der Waals surface area contributed by atoms with Gasteiger partial charge >= 0.3 is 0 Å². The lowest BCUT2D eigenvalue weighted by Gasteiger charge is -2.15. The fraction of sp³-hybridized carbons (Fsp3) is 0.214. The van der Waals surface area contributed by atoms with E-state index in [0.717, 1.165) is 16.6 Å². The Balaban J connectivity index is 1.49. The molecule has 0 unspecified atom stereocenters. The number of nitrogens with one attached hydrogen (secondary N) is 2. The molecule has 2 heterocycles. The second kappa shape index (κ2) is 11.6. The summed E-state index contributed by atoms with van der Waals surface area (Å²) in [5.74, 6) is 4.16. The van der Waals surface area contributed by atoms with Crippen LogP contribution in [0.25, 0.3) is 17.0 Å². The van der Waals surface area contributed by atoms with Crippen LogP contribution < -0.4 is 34.3 Å². The molecular weight excluding hydrogens is 514 g/mol. The van der Waals surface area contributed by atoms with E-state index < -0.39 is 0 Å². The number of fused-ring (bicyclic) bond motifs is 1. The van der Waals surface area contributed by atoms with Gasteiger partial charge in [0, 0.05) is 36.0 Å². The van der Waals surface area contributed by atoms with Crippen LogP contribution in [0, 0.1) is 0 Å². The zero-order valence-corrected chi connectivity index (χ0v) is 22.8. The van der Waals surface area contributed by atoms with E-state index in [1.165, 1.54) is 6.33 Å². The molecule has 5 aromatic rings. The van der Waals surface area contributed by atoms with Gasteiger partial charge < -0.3 is 34.3 Å². The fourth-order valence-corrected chi connectivity index (χ4v) is 4.26. The average Bonchev–Trinajstić information content (AvgIpc) is 3.37. The highest BCUT2D eigenvalue weighted by molar-refractivity contribution is 5.80. The summed E-state index contributed by atoms with van der Waals surface area (Å²) in [7, 11) is 7.91. The van der Waals surface area contributed by atoms with Crippen molar-refractivity contribution in [2.24, 2.45) is 0 Å². The summed E-state index contributed by atoms with van der Waals surface area (Å²) in [5, 5.41) is 6.60. The third kappa shape index (κ3) is 5.19. The maximum Gasteiger partial charge on any atom is 0.241 e. The maximum atomic E-state index is 5.56. The van der Waals surface area contributed by atoms with Gasteiger partial charge in [0.25, 0.3) is 0 Å². The predicted octanol–water partition coefficient (Wildman–Crippen LogP) is 4.61. The summed E-state index contributed by atoms with van der Waals surface area (Å²) in [6, 6.07) is 17.0. The Labute approximate surface area is 230 Å². The van der Waals surface area contributed by atoms with E-state index in [1.54, 1.807) is 47.7 Å². The molecule has 0 fully saturated rings. The molecule has 0 saturated heterocycles. The fourth-order valence-electron chi connectivity index (χ4n) is 4.26. The van der Waals surface area contributed by atoms with Crippen LogP contribution in [0.1, 0.15) is 5.56 Å². The van der Waals surface area contributed by atoms with Crippen LogP contribution in [-0.4, -0.2) is 60.1 Å². The Morgan fingerprint density at radius 2 is 1.50 bits per heavy atom. The highest BCUT2D eigenvalue weighted by atomic mass is 16.5. The maximum absolute atomic E-state index is 5.56. The Hall–Kier alpha value is -5.26. The Morgan fingerprint density at radius 3 is 2.20 bits per heavy atom. The monoisotopic (exact) mass is 543 g/mol. The van der Waals surface area contributed by atoms with Crippen molar-refractivity contribution in [1.82, 2.24) is 24.5 Å². The van der Waals surface area contributed by atoms with Crippen molar-refractivity contribution in [2.45, 2.75) is 6.54 Å². The van der Waals surface area contributed by atoms with Crippen molar-refractivity contribution in [3.05, 3.63) is 66.5 Å². The molecule has 40 heavy (non-hydrogen) atoms. The van der Waals surface area contributed by atoms with Crippen LogP contribution in [0.4, 0.5) is 17.6 Å². The lowest BCUT2D eigenvalue weighted by Crippen LogP contribution is -2.11. The number of rotatable bonds is 11. The zero-order chi connectivity index (χ0) is 28.1. The van der Waals surface area contributed by atoms with Gasteiger partial charge in [-0.3, -0.25) is 0 Å². The molecule has 0 amide bonds. The van der Waals surface area contributed by atoms with Crippen molar-refractivity contribution in [1.29, 1.82) is 0 Å². The first-order chi connectivity index (χ1) is 19.6. The Bertz CT molecular complexity index is 1610. The number of aromatic nitrogens is 5. The zero-order valence-electron chi connectivity index (χ0n) is 22.8. The van der Waals surface area contributed by atoms with Crippen LogP contribution in [0.5, 0.6) is 28.7 Å². The van der Waals surface area contributed by atoms with Crippen LogP contribution in [-0.2, 0) is 6.54 Å². The molecule has 0 saturated carbocycles. The van der Waals surface area contributed by atoms with Crippen molar-refractivity contribution in [2.75, 3.05) is 46.2 Å². The number of hydrogen-bond acceptors (Lipinski definition) is 11. The summed E-state index contributed by atoms with van der Waals surface area (Å²) in [6.45, 7) is 0.443. The Morgan fingerprint density at radius 1 is 0.750 bits per heavy atom. The number of imidazole rings is 1. The minimum absolute atomic E-state index is 0.319. The first-order valence-electron chi connectivity index (χ1n) is 12.3. The molecule has 0 spiro atoms. The van der Waals surface area contributed by atoms with E-state index in [4.69, 9.17) is 28.7 Å². The second-order valence-electron chi connectivity index (χ2n) is 8.44. The summed E-state index contributed by atoms with van der Waals surface area (Å²) in [6.07, 6.45) is 1.44. The number of methoxy groups -OCH3 is 5. The second-order valence-corrected chi connectivity index (χ2v) is 8.44. The highest BCUT2D eigenvalue weighted by Crippen LogP contribution is 2.40. The molecule has 2 aromatic heterocycles. The predicted molar refractivity (Wildman–Crippen MR) is 151 cm³/mol. The molecule has 0 radical (unpaired) electrons. The van der Waals surface area contributed by atoms with Crippen molar-refractivity contribution in [3.8, 4) is 34.7 Å². The molecule has 0 aliphatic rings. The molecular formula is C28H29N7O5. The summed E-state index contributed by atoms with van der Waals surface area (Å²) in [4.78, 5) is 18.2. The van der Waals surface area contributed by atoms with Gasteiger partial charge in [0.2, 0.25) is 23.6 Å². The lowest BCUT2D eigenvalue weighted by molar-refractivity contribution is 0.324. The molecule has 5 rings (SSSR count). The van der Waals surface area contributed by atoms with Gasteiger partial charge in [-0.05, 0) is 24.3 Å². The van der Waals surface area contributed by atoms with Crippen LogP contribution in [0.2, 0.25) is 0 Å². The Kier molecular flexibility index (Phi) is 7.67. The average molecular weight is 544 g/mol. The van der Waals surface area contributed by atoms with E-state index in [1.807, 2.05) is 47.0 Å². The first-order valence-corrected chi connectivity index (χ1v) is 12.3. The largest absolute Gasteiger partial charge is 0.497 e. The molecule has 0 aliphatic carbocycles. The van der Waals surface area contributed by atoms with E-state index in [2.05, 4.69) is 25.6 Å².